The summed E-state index contributed by atoms with van der Waals surface area (Å²) in [7, 11) is 0. The molecule has 12 heteroatoms. The maximum Gasteiger partial charge on any atom is 0.257 e. The zero-order valence-corrected chi connectivity index (χ0v) is 25.8. The molecule has 1 atom stereocenters. The molecule has 1 saturated carbocycles. The fraction of sp³-hybridized carbons (Fsp3) is 0.655. The van der Waals surface area contributed by atoms with E-state index in [0.29, 0.717) is 25.7 Å². The van der Waals surface area contributed by atoms with Crippen LogP contribution in [-0.2, 0) is 28.3 Å². The molecular weight excluding hydrogens is 563 g/mol. The van der Waals surface area contributed by atoms with Gasteiger partial charge in [-0.15, -0.1) is 19.3 Å². The zero-order chi connectivity index (χ0) is 30.9. The van der Waals surface area contributed by atoms with Gasteiger partial charge in [0.05, 0.1) is 25.7 Å². The van der Waals surface area contributed by atoms with E-state index in [1.807, 2.05) is 0 Å². The van der Waals surface area contributed by atoms with E-state index in [9.17, 15) is 23.7 Å². The van der Waals surface area contributed by atoms with Crippen molar-refractivity contribution in [1.82, 2.24) is 21.3 Å². The second-order valence-electron chi connectivity index (χ2n) is 10.4. The molecule has 0 aliphatic heterocycles. The van der Waals surface area contributed by atoms with E-state index >= 15 is 0 Å². The summed E-state index contributed by atoms with van der Waals surface area (Å²) < 4.78 is 18.4. The first-order valence-corrected chi connectivity index (χ1v) is 16.7. The number of amides is 4. The Morgan fingerprint density at radius 1 is 0.829 bits per heavy atom. The molecule has 0 heterocycles. The molecule has 1 fully saturated rings. The number of hydrogen-bond donors (Lipinski definition) is 5. The van der Waals surface area contributed by atoms with E-state index in [1.54, 1.807) is 13.8 Å². The number of hydrogen-bond acceptors (Lipinski definition) is 6. The van der Waals surface area contributed by atoms with E-state index in [2.05, 4.69) is 51.3 Å². The quantitative estimate of drug-likeness (QED) is 0.0979. The molecule has 4 amide bonds. The number of carbonyl (C=O) groups excluding carboxylic acids is 4. The van der Waals surface area contributed by atoms with Gasteiger partial charge in [0.1, 0.15) is 0 Å². The SMILES string of the molecule is C#CCNC(=O)CCC(CCC(=O)NCC#C)(CCC(=O)NCC#C)NC(=O)[C@H]1CC[C@H](OP(=O)(S)C(C)C)CC1. The summed E-state index contributed by atoms with van der Waals surface area (Å²) in [6.07, 6.45) is 18.2. The maximum atomic E-state index is 13.6. The molecule has 0 bridgehead atoms. The number of nitrogens with one attached hydrogen (secondary N) is 4. The van der Waals surface area contributed by atoms with Crippen molar-refractivity contribution in [2.45, 2.75) is 95.4 Å². The lowest BCUT2D eigenvalue weighted by Crippen LogP contribution is -2.52. The molecule has 4 N–H and O–H groups in total. The van der Waals surface area contributed by atoms with Crippen LogP contribution in [0.5, 0.6) is 0 Å². The standard InChI is InChI=1S/C29H43N4O6PS/c1-6-19-30-25(34)13-16-29(17-14-26(35)31-20-7-2,18-15-27(36)32-21-8-3)33-28(37)23-9-11-24(12-10-23)39-40(38,41)22(4)5/h1-3,22-24H,9-21H2,4-5H3,(H,30,34)(H,31,35)(H,32,36)(H,33,37)(H,38,41)/t23-,24-,40?. The van der Waals surface area contributed by atoms with Crippen molar-refractivity contribution in [2.75, 3.05) is 19.6 Å². The van der Waals surface area contributed by atoms with E-state index in [1.165, 1.54) is 0 Å². The topological polar surface area (TPSA) is 143 Å². The highest BCUT2D eigenvalue weighted by Crippen LogP contribution is 2.58. The molecule has 0 aromatic carbocycles. The van der Waals surface area contributed by atoms with Gasteiger partial charge in [0, 0.05) is 36.4 Å². The third-order valence-corrected chi connectivity index (χ3v) is 10.6. The number of rotatable bonds is 17. The van der Waals surface area contributed by atoms with Gasteiger partial charge in [-0.3, -0.25) is 23.7 Å². The van der Waals surface area contributed by atoms with Crippen LogP contribution in [0.15, 0.2) is 0 Å². The summed E-state index contributed by atoms with van der Waals surface area (Å²) in [5, 5.41) is 10.9. The molecule has 1 unspecified atom stereocenters. The first-order chi connectivity index (χ1) is 19.4. The van der Waals surface area contributed by atoms with Gasteiger partial charge < -0.3 is 25.8 Å². The zero-order valence-electron chi connectivity index (χ0n) is 24.0. The highest BCUT2D eigenvalue weighted by molar-refractivity contribution is 8.46. The van der Waals surface area contributed by atoms with Gasteiger partial charge >= 0.3 is 0 Å². The van der Waals surface area contributed by atoms with Crippen LogP contribution in [0.2, 0.25) is 0 Å². The maximum absolute atomic E-state index is 13.6. The number of terminal acetylenes is 3. The summed E-state index contributed by atoms with van der Waals surface area (Å²) in [6, 6.07) is 0. The molecule has 41 heavy (non-hydrogen) atoms. The smallest absolute Gasteiger partial charge is 0.257 e. The summed E-state index contributed by atoms with van der Waals surface area (Å²) in [6.45, 7) is 0.708. The average Bonchev–Trinajstić information content (AvgIpc) is 2.94. The van der Waals surface area contributed by atoms with Crippen molar-refractivity contribution < 1.29 is 28.3 Å². The fourth-order valence-corrected chi connectivity index (χ4v) is 5.75. The Morgan fingerprint density at radius 3 is 1.56 bits per heavy atom. The van der Waals surface area contributed by atoms with Crippen LogP contribution in [-0.4, -0.2) is 60.6 Å². The number of thiol groups is 1. The first-order valence-electron chi connectivity index (χ1n) is 13.8. The Labute approximate surface area is 249 Å². The van der Waals surface area contributed by atoms with Gasteiger partial charge in [-0.2, -0.15) is 0 Å². The minimum atomic E-state index is -3.05. The molecule has 0 aromatic heterocycles. The predicted molar refractivity (Wildman–Crippen MR) is 163 cm³/mol. The van der Waals surface area contributed by atoms with Crippen LogP contribution < -0.4 is 21.3 Å². The lowest BCUT2D eigenvalue weighted by atomic mass is 9.81. The molecule has 1 rings (SSSR count). The van der Waals surface area contributed by atoms with E-state index in [0.717, 1.165) is 0 Å². The highest BCUT2D eigenvalue weighted by Gasteiger charge is 2.37. The number of carbonyl (C=O) groups is 4. The molecule has 1 aliphatic rings. The minimum absolute atomic E-state index is 0.0208. The molecule has 0 spiro atoms. The molecule has 0 saturated heterocycles. The summed E-state index contributed by atoms with van der Waals surface area (Å²) in [4.78, 5) is 50.8. The van der Waals surface area contributed by atoms with Crippen molar-refractivity contribution in [3.63, 3.8) is 0 Å². The summed E-state index contributed by atoms with van der Waals surface area (Å²) >= 11 is 4.22. The fourth-order valence-electron chi connectivity index (χ4n) is 4.46. The van der Waals surface area contributed by atoms with Gasteiger partial charge in [0.15, 0.2) is 0 Å². The van der Waals surface area contributed by atoms with Crippen LogP contribution in [0, 0.1) is 42.9 Å². The van der Waals surface area contributed by atoms with Gasteiger partial charge in [-0.25, -0.2) is 0 Å². The Kier molecular flexibility index (Phi) is 16.3. The van der Waals surface area contributed by atoms with Crippen LogP contribution in [0.3, 0.4) is 0 Å². The second-order valence-corrected chi connectivity index (χ2v) is 14.5. The summed E-state index contributed by atoms with van der Waals surface area (Å²) in [5.41, 5.74) is -1.27. The molecular formula is C29H43N4O6PS. The minimum Gasteiger partial charge on any atom is -0.350 e. The molecule has 10 nitrogen and oxygen atoms in total. The third kappa shape index (κ3) is 14.0. The van der Waals surface area contributed by atoms with Crippen LogP contribution in [0.4, 0.5) is 0 Å². The van der Waals surface area contributed by atoms with Crippen LogP contribution in [0.25, 0.3) is 0 Å². The normalized spacial score (nSPS) is 18.1. The van der Waals surface area contributed by atoms with Crippen molar-refractivity contribution >= 4 is 42.4 Å². The predicted octanol–water partition coefficient (Wildman–Crippen LogP) is 2.54. The molecule has 226 valence electrons. The summed E-state index contributed by atoms with van der Waals surface area (Å²) in [5.74, 6) is 5.50. The molecule has 1 aliphatic carbocycles. The van der Waals surface area contributed by atoms with E-state index < -0.39 is 12.1 Å². The van der Waals surface area contributed by atoms with Crippen molar-refractivity contribution in [3.05, 3.63) is 0 Å². The van der Waals surface area contributed by atoms with Gasteiger partial charge in [-0.05, 0) is 44.9 Å². The highest BCUT2D eigenvalue weighted by atomic mass is 32.7. The second kappa shape index (κ2) is 18.5. The van der Waals surface area contributed by atoms with Crippen molar-refractivity contribution in [1.29, 1.82) is 0 Å². The lowest BCUT2D eigenvalue weighted by molar-refractivity contribution is -0.131. The Bertz CT molecular complexity index is 999. The molecule has 0 aromatic rings. The van der Waals surface area contributed by atoms with E-state index in [4.69, 9.17) is 23.8 Å². The Hall–Kier alpha value is -2.90. The lowest BCUT2D eigenvalue weighted by Gasteiger charge is -2.38. The van der Waals surface area contributed by atoms with Crippen molar-refractivity contribution in [3.8, 4) is 37.0 Å². The average molecular weight is 607 g/mol. The molecule has 0 radical (unpaired) electrons. The van der Waals surface area contributed by atoms with Gasteiger partial charge in [0.25, 0.3) is 6.57 Å². The van der Waals surface area contributed by atoms with Crippen LogP contribution >= 0.6 is 18.8 Å². The largest absolute Gasteiger partial charge is 0.350 e. The van der Waals surface area contributed by atoms with Gasteiger partial charge in [-0.1, -0.05) is 43.9 Å². The van der Waals surface area contributed by atoms with Crippen molar-refractivity contribution in [2.24, 2.45) is 5.92 Å². The monoisotopic (exact) mass is 606 g/mol. The Morgan fingerprint density at radius 2 is 1.22 bits per heavy atom. The van der Waals surface area contributed by atoms with E-state index in [-0.39, 0.29) is 99.5 Å². The van der Waals surface area contributed by atoms with Gasteiger partial charge in [0.2, 0.25) is 23.6 Å². The first kappa shape index (κ1) is 36.1. The Balaban J connectivity index is 3.09. The third-order valence-electron chi connectivity index (χ3n) is 7.04. The van der Waals surface area contributed by atoms with Crippen LogP contribution in [0.1, 0.15) is 78.1 Å².